The number of carboxylic acid groups (broad SMARTS) is 2. The average Bonchev–Trinajstić information content (AvgIpc) is 3.09. The number of nitrogens with one attached hydrogen (secondary N) is 1. The number of hydrogen-bond acceptors (Lipinski definition) is 6. The summed E-state index contributed by atoms with van der Waals surface area (Å²) in [5.41, 5.74) is 0.349. The number of carbonyl (C=O) groups excluding carboxylic acids is 2. The molecule has 4 atom stereocenters. The summed E-state index contributed by atoms with van der Waals surface area (Å²) >= 11 is 2.56. The SMILES string of the molecule is CC1(C)S[C@@H]2[C@H](NC(=O)[C@H](C(=O)O)c3ccsc3)C(=O)N2[C@H]1C(=O)O.[H-].[Na+]. The molecule has 26 heavy (non-hydrogen) atoms. The fraction of sp³-hybridized carbons (Fsp3) is 0.467. The molecule has 0 bridgehead atoms. The Morgan fingerprint density at radius 3 is 2.50 bits per heavy atom. The summed E-state index contributed by atoms with van der Waals surface area (Å²) in [6, 6.07) is -0.344. The third-order valence-corrected chi connectivity index (χ3v) is 6.63. The monoisotopic (exact) mass is 408 g/mol. The number of carbonyl (C=O) groups is 4. The van der Waals surface area contributed by atoms with Crippen LogP contribution in [0.4, 0.5) is 0 Å². The third-order valence-electron chi connectivity index (χ3n) is 4.36. The van der Waals surface area contributed by atoms with Gasteiger partial charge in [0.25, 0.3) is 0 Å². The Labute approximate surface area is 181 Å². The topological polar surface area (TPSA) is 124 Å². The van der Waals surface area contributed by atoms with Gasteiger partial charge in [0.05, 0.1) is 0 Å². The van der Waals surface area contributed by atoms with Crippen molar-refractivity contribution >= 4 is 46.9 Å². The number of fused-ring (bicyclic) bond motifs is 1. The van der Waals surface area contributed by atoms with Crippen molar-refractivity contribution in [2.45, 2.75) is 42.0 Å². The van der Waals surface area contributed by atoms with E-state index in [1.807, 2.05) is 0 Å². The van der Waals surface area contributed by atoms with Crippen molar-refractivity contribution in [3.8, 4) is 0 Å². The van der Waals surface area contributed by atoms with Gasteiger partial charge in [-0.05, 0) is 36.2 Å². The summed E-state index contributed by atoms with van der Waals surface area (Å²) in [6.07, 6.45) is 0. The van der Waals surface area contributed by atoms with E-state index in [0.29, 0.717) is 5.56 Å². The Kier molecular flexibility index (Phi) is 6.13. The van der Waals surface area contributed by atoms with E-state index in [1.54, 1.807) is 30.7 Å². The normalized spacial score (nSPS) is 26.9. The summed E-state index contributed by atoms with van der Waals surface area (Å²) in [4.78, 5) is 48.9. The molecular weight excluding hydrogens is 391 g/mol. The molecule has 11 heteroatoms. The first-order valence-electron chi connectivity index (χ1n) is 7.43. The van der Waals surface area contributed by atoms with E-state index < -0.39 is 51.9 Å². The average molecular weight is 408 g/mol. The smallest absolute Gasteiger partial charge is 1.00 e. The molecule has 8 nitrogen and oxygen atoms in total. The Morgan fingerprint density at radius 1 is 1.35 bits per heavy atom. The number of hydrogen-bond donors (Lipinski definition) is 3. The standard InChI is InChI=1S/C15H16N2O6S2.Na.H/c1-15(2)9(14(22)23)17-11(19)8(12(17)25-15)16-10(18)7(13(20)21)6-3-4-24-5-6;;/h3-5,7-9,12H,1-2H3,(H,16,18)(H,20,21)(H,22,23);;/q;+1;-1/t7-,8-,9+,12-;;/m1../s1. The van der Waals surface area contributed by atoms with Crippen molar-refractivity contribution < 1.29 is 60.4 Å². The van der Waals surface area contributed by atoms with Crippen molar-refractivity contribution in [2.24, 2.45) is 0 Å². The maximum atomic E-state index is 12.4. The second-order valence-electron chi connectivity index (χ2n) is 6.41. The Morgan fingerprint density at radius 2 is 2.00 bits per heavy atom. The van der Waals surface area contributed by atoms with Crippen molar-refractivity contribution in [1.29, 1.82) is 0 Å². The van der Waals surface area contributed by atoms with E-state index in [4.69, 9.17) is 0 Å². The first-order chi connectivity index (χ1) is 11.6. The predicted molar refractivity (Wildman–Crippen MR) is 91.5 cm³/mol. The van der Waals surface area contributed by atoms with Gasteiger partial charge in [-0.25, -0.2) is 4.79 Å². The Balaban J connectivity index is 0.00000182. The fourth-order valence-electron chi connectivity index (χ4n) is 3.23. The van der Waals surface area contributed by atoms with Crippen molar-refractivity contribution in [3.63, 3.8) is 0 Å². The van der Waals surface area contributed by atoms with Crippen LogP contribution in [0.25, 0.3) is 0 Å². The van der Waals surface area contributed by atoms with Gasteiger partial charge in [-0.3, -0.25) is 14.4 Å². The van der Waals surface area contributed by atoms with Crippen LogP contribution in [0.1, 0.15) is 26.8 Å². The molecule has 0 radical (unpaired) electrons. The number of rotatable bonds is 5. The van der Waals surface area contributed by atoms with Gasteiger partial charge in [-0.15, -0.1) is 11.8 Å². The van der Waals surface area contributed by atoms with E-state index in [9.17, 15) is 29.4 Å². The molecule has 1 aromatic heterocycles. The molecule has 0 aliphatic carbocycles. The number of thioether (sulfide) groups is 1. The number of thiophene rings is 1. The van der Waals surface area contributed by atoms with Gasteiger partial charge < -0.3 is 21.9 Å². The summed E-state index contributed by atoms with van der Waals surface area (Å²) in [5, 5.41) is 23.9. The largest absolute Gasteiger partial charge is 1.00 e. The van der Waals surface area contributed by atoms with E-state index >= 15 is 0 Å². The first-order valence-corrected chi connectivity index (χ1v) is 9.25. The molecule has 3 rings (SSSR count). The van der Waals surface area contributed by atoms with Crippen LogP contribution < -0.4 is 34.9 Å². The number of β-lactam (4-membered cyclic amide) rings is 1. The van der Waals surface area contributed by atoms with Crippen LogP contribution in [-0.2, 0) is 19.2 Å². The molecule has 1 aromatic rings. The number of aliphatic carboxylic acids is 2. The molecular formula is C15H17N2NaO6S2. The van der Waals surface area contributed by atoms with Gasteiger partial charge in [0, 0.05) is 4.75 Å². The molecule has 2 aliphatic heterocycles. The maximum absolute atomic E-state index is 12.4. The van der Waals surface area contributed by atoms with E-state index in [2.05, 4.69) is 5.32 Å². The quantitative estimate of drug-likeness (QED) is 0.283. The molecule has 3 heterocycles. The zero-order valence-electron chi connectivity index (χ0n) is 15.3. The molecule has 2 aliphatic rings. The summed E-state index contributed by atoms with van der Waals surface area (Å²) in [5.74, 6) is -5.08. The van der Waals surface area contributed by atoms with Crippen LogP contribution >= 0.6 is 23.1 Å². The van der Waals surface area contributed by atoms with E-state index in [1.165, 1.54) is 28.0 Å². The molecule has 136 valence electrons. The fourth-order valence-corrected chi connectivity index (χ4v) is 5.54. The van der Waals surface area contributed by atoms with Gasteiger partial charge in [-0.1, -0.05) is 0 Å². The van der Waals surface area contributed by atoms with Crippen LogP contribution in [0.15, 0.2) is 16.8 Å². The number of carboxylic acids is 2. The van der Waals surface area contributed by atoms with Crippen molar-refractivity contribution in [3.05, 3.63) is 22.4 Å². The summed E-state index contributed by atoms with van der Waals surface area (Å²) in [6.45, 7) is 3.46. The minimum absolute atomic E-state index is 0. The van der Waals surface area contributed by atoms with Crippen LogP contribution in [0.5, 0.6) is 0 Å². The van der Waals surface area contributed by atoms with Crippen molar-refractivity contribution in [1.82, 2.24) is 10.2 Å². The molecule has 0 saturated carbocycles. The van der Waals surface area contributed by atoms with E-state index in [0.717, 1.165) is 0 Å². The van der Waals surface area contributed by atoms with Crippen LogP contribution in [0.3, 0.4) is 0 Å². The van der Waals surface area contributed by atoms with Gasteiger partial charge in [0.15, 0.2) is 5.92 Å². The van der Waals surface area contributed by atoms with Crippen molar-refractivity contribution in [2.75, 3.05) is 0 Å². The summed E-state index contributed by atoms with van der Waals surface area (Å²) < 4.78 is -0.703. The molecule has 0 aromatic carbocycles. The van der Waals surface area contributed by atoms with Gasteiger partial charge in [0.1, 0.15) is 17.5 Å². The van der Waals surface area contributed by atoms with Gasteiger partial charge in [-0.2, -0.15) is 11.3 Å². The Hall–Kier alpha value is -1.07. The second kappa shape index (κ2) is 7.51. The minimum Gasteiger partial charge on any atom is -1.00 e. The molecule has 3 N–H and O–H groups in total. The minimum atomic E-state index is -1.40. The molecule has 2 amide bonds. The predicted octanol–water partition coefficient (Wildman–Crippen LogP) is -2.34. The zero-order chi connectivity index (χ0) is 18.5. The van der Waals surface area contributed by atoms with E-state index in [-0.39, 0.29) is 31.0 Å². The molecule has 2 saturated heterocycles. The van der Waals surface area contributed by atoms with Crippen LogP contribution in [-0.4, -0.2) is 61.1 Å². The Bertz CT molecular complexity index is 759. The van der Waals surface area contributed by atoms with Crippen LogP contribution in [0.2, 0.25) is 0 Å². The molecule has 2 fully saturated rings. The second-order valence-corrected chi connectivity index (χ2v) is 8.96. The molecule has 0 spiro atoms. The summed E-state index contributed by atoms with van der Waals surface area (Å²) in [7, 11) is 0. The number of nitrogens with zero attached hydrogens (tertiary/aromatic N) is 1. The maximum Gasteiger partial charge on any atom is 1.00 e. The molecule has 0 unspecified atom stereocenters. The third kappa shape index (κ3) is 3.40. The zero-order valence-corrected chi connectivity index (χ0v) is 18.0. The number of amides is 2. The first kappa shape index (κ1) is 21.2. The van der Waals surface area contributed by atoms with Crippen LogP contribution in [0, 0.1) is 0 Å². The van der Waals surface area contributed by atoms with Gasteiger partial charge >= 0.3 is 41.5 Å². The van der Waals surface area contributed by atoms with Gasteiger partial charge in [0.2, 0.25) is 11.8 Å².